The van der Waals surface area contributed by atoms with Gasteiger partial charge in [-0.2, -0.15) is 0 Å². The molecule has 8 heteroatoms. The maximum atomic E-state index is 13.6. The van der Waals surface area contributed by atoms with Gasteiger partial charge in [0.05, 0.1) is 36.2 Å². The minimum absolute atomic E-state index is 0.0410. The van der Waals surface area contributed by atoms with Gasteiger partial charge in [0.25, 0.3) is 5.56 Å². The van der Waals surface area contributed by atoms with Gasteiger partial charge in [-0.3, -0.25) is 9.36 Å². The molecule has 3 aromatic rings. The fraction of sp³-hybridized carbons (Fsp3) is 0.250. The van der Waals surface area contributed by atoms with Crippen LogP contribution in [0.1, 0.15) is 22.0 Å². The van der Waals surface area contributed by atoms with E-state index >= 15 is 0 Å². The fourth-order valence-corrected chi connectivity index (χ4v) is 3.12. The van der Waals surface area contributed by atoms with Crippen molar-refractivity contribution in [3.63, 3.8) is 0 Å². The molecule has 0 aliphatic carbocycles. The molecular formula is C20H20FN3O4. The maximum Gasteiger partial charge on any atom is 0.337 e. The summed E-state index contributed by atoms with van der Waals surface area (Å²) in [5, 5.41) is 0.268. The molecule has 1 heterocycles. The average Bonchev–Trinajstić information content (AvgIpc) is 2.66. The third kappa shape index (κ3) is 3.72. The first-order chi connectivity index (χ1) is 13.3. The van der Waals surface area contributed by atoms with Crippen molar-refractivity contribution in [1.82, 2.24) is 14.5 Å². The summed E-state index contributed by atoms with van der Waals surface area (Å²) >= 11 is 0. The van der Waals surface area contributed by atoms with Crippen LogP contribution in [-0.2, 0) is 11.3 Å². The van der Waals surface area contributed by atoms with Gasteiger partial charge < -0.3 is 14.6 Å². The summed E-state index contributed by atoms with van der Waals surface area (Å²) in [5.74, 6) is -0.954. The molecule has 1 N–H and O–H groups in total. The molecule has 1 atom stereocenters. The minimum Gasteiger partial charge on any atom is -0.465 e. The van der Waals surface area contributed by atoms with E-state index in [1.807, 2.05) is 4.90 Å². The molecule has 0 bridgehead atoms. The first-order valence-corrected chi connectivity index (χ1v) is 8.59. The van der Waals surface area contributed by atoms with E-state index in [0.717, 1.165) is 4.57 Å². The topological polar surface area (TPSA) is 84.4 Å². The Kier molecular flexibility index (Phi) is 5.41. The Balaban J connectivity index is 2.08. The Morgan fingerprint density at radius 1 is 1.21 bits per heavy atom. The zero-order valence-corrected chi connectivity index (χ0v) is 15.7. The van der Waals surface area contributed by atoms with Crippen molar-refractivity contribution in [3.05, 3.63) is 80.2 Å². The van der Waals surface area contributed by atoms with Gasteiger partial charge in [-0.1, -0.05) is 12.1 Å². The van der Waals surface area contributed by atoms with Crippen molar-refractivity contribution in [2.24, 2.45) is 0 Å². The number of hydrogen-bond acceptors (Lipinski definition) is 5. The summed E-state index contributed by atoms with van der Waals surface area (Å²) in [5.41, 5.74) is 0.0358. The highest BCUT2D eigenvalue weighted by Gasteiger charge is 2.19. The van der Waals surface area contributed by atoms with E-state index in [9.17, 15) is 18.8 Å². The number of H-pyrrole nitrogens is 1. The number of fused-ring (bicyclic) bond motifs is 1. The highest BCUT2D eigenvalue weighted by atomic mass is 19.1. The number of aromatic amines is 1. The quantitative estimate of drug-likeness (QED) is 0.679. The smallest absolute Gasteiger partial charge is 0.337 e. The maximum absolute atomic E-state index is 13.6. The summed E-state index contributed by atoms with van der Waals surface area (Å²) in [6.45, 7) is 0.0410. The number of aromatic nitrogens is 2. The number of rotatable bonds is 5. The lowest BCUT2D eigenvalue weighted by Gasteiger charge is -2.25. The molecule has 1 aromatic heterocycles. The Morgan fingerprint density at radius 3 is 2.61 bits per heavy atom. The van der Waals surface area contributed by atoms with Crippen LogP contribution in [0, 0.1) is 5.82 Å². The standard InChI is InChI=1S/C20H20FN3O4/c1-23(2)17(12-5-4-6-14(21)9-12)11-24-18(25)15-8-7-13(19(26)28-3)10-16(15)22-20(24)27/h4-10,17H,11H2,1-3H3,(H,22,27)/t17-/m1/s1. The fourth-order valence-electron chi connectivity index (χ4n) is 3.12. The lowest BCUT2D eigenvalue weighted by molar-refractivity contribution is 0.0601. The van der Waals surface area contributed by atoms with Gasteiger partial charge in [-0.25, -0.2) is 14.0 Å². The van der Waals surface area contributed by atoms with E-state index in [1.54, 1.807) is 26.2 Å². The van der Waals surface area contributed by atoms with E-state index in [0.29, 0.717) is 5.56 Å². The molecule has 0 aliphatic heterocycles. The SMILES string of the molecule is COC(=O)c1ccc2c(=O)n(C[C@H](c3cccc(F)c3)N(C)C)c(=O)[nH]c2c1. The Morgan fingerprint density at radius 2 is 1.96 bits per heavy atom. The summed E-state index contributed by atoms with van der Waals surface area (Å²) < 4.78 is 19.4. The summed E-state index contributed by atoms with van der Waals surface area (Å²) in [7, 11) is 4.83. The number of carbonyl (C=O) groups excluding carboxylic acids is 1. The van der Waals surface area contributed by atoms with Crippen LogP contribution in [0.4, 0.5) is 4.39 Å². The monoisotopic (exact) mass is 385 g/mol. The van der Waals surface area contributed by atoms with Crippen molar-refractivity contribution in [2.45, 2.75) is 12.6 Å². The van der Waals surface area contributed by atoms with E-state index in [4.69, 9.17) is 0 Å². The second-order valence-corrected chi connectivity index (χ2v) is 6.63. The molecule has 0 aliphatic rings. The molecule has 0 saturated carbocycles. The summed E-state index contributed by atoms with van der Waals surface area (Å²) in [4.78, 5) is 41.6. The highest BCUT2D eigenvalue weighted by Crippen LogP contribution is 2.20. The number of esters is 1. The molecule has 0 radical (unpaired) electrons. The first-order valence-electron chi connectivity index (χ1n) is 8.59. The van der Waals surface area contributed by atoms with Crippen LogP contribution in [0.15, 0.2) is 52.1 Å². The van der Waals surface area contributed by atoms with Gasteiger partial charge in [0, 0.05) is 0 Å². The van der Waals surface area contributed by atoms with E-state index in [1.165, 1.54) is 37.4 Å². The Labute approximate surface area is 160 Å². The number of halogens is 1. The molecule has 0 unspecified atom stereocenters. The lowest BCUT2D eigenvalue weighted by atomic mass is 10.1. The number of carbonyl (C=O) groups is 1. The zero-order chi connectivity index (χ0) is 20.4. The highest BCUT2D eigenvalue weighted by molar-refractivity contribution is 5.93. The predicted octanol–water partition coefficient (Wildman–Crippen LogP) is 1.92. The van der Waals surface area contributed by atoms with Crippen LogP contribution in [0.3, 0.4) is 0 Å². The van der Waals surface area contributed by atoms with Crippen LogP contribution in [-0.4, -0.2) is 41.6 Å². The molecule has 0 fully saturated rings. The van der Waals surface area contributed by atoms with E-state index in [-0.39, 0.29) is 34.9 Å². The number of nitrogens with zero attached hydrogens (tertiary/aromatic N) is 2. The number of benzene rings is 2. The average molecular weight is 385 g/mol. The molecule has 3 rings (SSSR count). The summed E-state index contributed by atoms with van der Waals surface area (Å²) in [6.07, 6.45) is 0. The molecule has 0 spiro atoms. The van der Waals surface area contributed by atoms with Gasteiger partial charge in [-0.05, 0) is 50.0 Å². The number of methoxy groups -OCH3 is 1. The molecule has 146 valence electrons. The Bertz CT molecular complexity index is 1150. The number of hydrogen-bond donors (Lipinski definition) is 1. The van der Waals surface area contributed by atoms with Crippen molar-refractivity contribution < 1.29 is 13.9 Å². The Hall–Kier alpha value is -3.26. The molecule has 0 amide bonds. The second kappa shape index (κ2) is 7.77. The van der Waals surface area contributed by atoms with Crippen molar-refractivity contribution in [1.29, 1.82) is 0 Å². The zero-order valence-electron chi connectivity index (χ0n) is 15.7. The second-order valence-electron chi connectivity index (χ2n) is 6.63. The van der Waals surface area contributed by atoms with Crippen LogP contribution >= 0.6 is 0 Å². The molecule has 7 nitrogen and oxygen atoms in total. The molecule has 0 saturated heterocycles. The number of likely N-dealkylation sites (N-methyl/N-ethyl adjacent to an activating group) is 1. The van der Waals surface area contributed by atoms with Crippen LogP contribution in [0.5, 0.6) is 0 Å². The van der Waals surface area contributed by atoms with Gasteiger partial charge in [0.2, 0.25) is 0 Å². The largest absolute Gasteiger partial charge is 0.465 e. The van der Waals surface area contributed by atoms with E-state index < -0.39 is 17.2 Å². The summed E-state index contributed by atoms with van der Waals surface area (Å²) in [6, 6.07) is 10.0. The number of nitrogens with one attached hydrogen (secondary N) is 1. The number of ether oxygens (including phenoxy) is 1. The lowest BCUT2D eigenvalue weighted by Crippen LogP contribution is -2.39. The van der Waals surface area contributed by atoms with Gasteiger partial charge >= 0.3 is 11.7 Å². The first kappa shape index (κ1) is 19.5. The molecular weight excluding hydrogens is 365 g/mol. The normalized spacial score (nSPS) is 12.3. The van der Waals surface area contributed by atoms with Gasteiger partial charge in [-0.15, -0.1) is 0 Å². The van der Waals surface area contributed by atoms with Crippen molar-refractivity contribution in [2.75, 3.05) is 21.2 Å². The van der Waals surface area contributed by atoms with Gasteiger partial charge in [0.1, 0.15) is 5.82 Å². The van der Waals surface area contributed by atoms with Crippen molar-refractivity contribution in [3.8, 4) is 0 Å². The third-order valence-corrected chi connectivity index (χ3v) is 4.62. The van der Waals surface area contributed by atoms with Crippen LogP contribution in [0.25, 0.3) is 10.9 Å². The van der Waals surface area contributed by atoms with E-state index in [2.05, 4.69) is 9.72 Å². The van der Waals surface area contributed by atoms with Crippen LogP contribution < -0.4 is 11.2 Å². The molecule has 2 aromatic carbocycles. The minimum atomic E-state index is -0.609. The van der Waals surface area contributed by atoms with Gasteiger partial charge in [0.15, 0.2) is 0 Å². The third-order valence-electron chi connectivity index (χ3n) is 4.62. The van der Waals surface area contributed by atoms with Crippen LogP contribution in [0.2, 0.25) is 0 Å². The predicted molar refractivity (Wildman–Crippen MR) is 103 cm³/mol. The molecule has 28 heavy (non-hydrogen) atoms. The van der Waals surface area contributed by atoms with Crippen molar-refractivity contribution >= 4 is 16.9 Å².